The van der Waals surface area contributed by atoms with Crippen LogP contribution < -0.4 is 0 Å². The van der Waals surface area contributed by atoms with E-state index in [9.17, 15) is 18.0 Å². The number of carbonyl (C=O) groups excluding carboxylic acids is 2. The number of carbonyl (C=O) groups is 2. The molecule has 0 aromatic heterocycles. The van der Waals surface area contributed by atoms with Crippen LogP contribution in [0.5, 0.6) is 0 Å². The first-order valence-electron chi connectivity index (χ1n) is 9.88. The summed E-state index contributed by atoms with van der Waals surface area (Å²) in [6.07, 6.45) is 1.89. The molecule has 1 aromatic rings. The third kappa shape index (κ3) is 4.62. The Hall–Kier alpha value is -1.97. The van der Waals surface area contributed by atoms with Gasteiger partial charge in [0.15, 0.2) is 0 Å². The molecule has 0 spiro atoms. The highest BCUT2D eigenvalue weighted by atomic mass is 32.2. The van der Waals surface area contributed by atoms with Crippen molar-refractivity contribution in [3.63, 3.8) is 0 Å². The van der Waals surface area contributed by atoms with Crippen molar-refractivity contribution >= 4 is 21.9 Å². The van der Waals surface area contributed by atoms with Crippen molar-refractivity contribution in [2.45, 2.75) is 56.3 Å². The van der Waals surface area contributed by atoms with Crippen LogP contribution in [0.25, 0.3) is 0 Å². The predicted molar refractivity (Wildman–Crippen MR) is 106 cm³/mol. The molecule has 2 saturated heterocycles. The summed E-state index contributed by atoms with van der Waals surface area (Å²) in [5.41, 5.74) is 0.350. The predicted octanol–water partition coefficient (Wildman–Crippen LogP) is 1.65. The molecule has 160 valence electrons. The first-order chi connectivity index (χ1) is 13.7. The quantitative estimate of drug-likeness (QED) is 0.683. The largest absolute Gasteiger partial charge is 0.467 e. The van der Waals surface area contributed by atoms with Gasteiger partial charge in [0.1, 0.15) is 6.04 Å². The van der Waals surface area contributed by atoms with E-state index in [-0.39, 0.29) is 23.0 Å². The Balaban J connectivity index is 1.78. The van der Waals surface area contributed by atoms with Crippen molar-refractivity contribution < 1.29 is 27.5 Å². The fraction of sp³-hybridized carbons (Fsp3) is 0.600. The Bertz CT molecular complexity index is 844. The van der Waals surface area contributed by atoms with E-state index in [2.05, 4.69) is 0 Å². The molecule has 0 saturated carbocycles. The molecule has 2 aliphatic heterocycles. The van der Waals surface area contributed by atoms with Crippen LogP contribution in [0.2, 0.25) is 0 Å². The van der Waals surface area contributed by atoms with Crippen molar-refractivity contribution in [2.24, 2.45) is 0 Å². The van der Waals surface area contributed by atoms with Crippen LogP contribution in [0.4, 0.5) is 0 Å². The number of piperidine rings is 1. The van der Waals surface area contributed by atoms with Gasteiger partial charge in [0, 0.05) is 25.2 Å². The molecule has 8 nitrogen and oxygen atoms in total. The number of ether oxygens (including phenoxy) is 2. The molecule has 1 aromatic carbocycles. The van der Waals surface area contributed by atoms with Crippen molar-refractivity contribution in [1.29, 1.82) is 0 Å². The molecule has 3 atom stereocenters. The second-order valence-corrected chi connectivity index (χ2v) is 9.57. The van der Waals surface area contributed by atoms with Crippen molar-refractivity contribution in [1.82, 2.24) is 9.21 Å². The summed E-state index contributed by atoms with van der Waals surface area (Å²) >= 11 is 0. The van der Waals surface area contributed by atoms with Gasteiger partial charge in [-0.3, -0.25) is 4.79 Å². The second kappa shape index (κ2) is 8.81. The summed E-state index contributed by atoms with van der Waals surface area (Å²) in [4.78, 5) is 26.6. The fourth-order valence-corrected chi connectivity index (χ4v) is 5.56. The number of likely N-dealkylation sites (tertiary alicyclic amines) is 1. The molecule has 1 amide bonds. The van der Waals surface area contributed by atoms with Crippen LogP contribution in [-0.2, 0) is 24.3 Å². The van der Waals surface area contributed by atoms with E-state index in [0.29, 0.717) is 31.6 Å². The molecular formula is C20H28N2O6S. The Morgan fingerprint density at radius 1 is 1.07 bits per heavy atom. The third-order valence-electron chi connectivity index (χ3n) is 5.36. The van der Waals surface area contributed by atoms with Gasteiger partial charge in [0.05, 0.1) is 24.2 Å². The number of morpholine rings is 1. The number of esters is 1. The number of hydrogen-bond acceptors (Lipinski definition) is 6. The lowest BCUT2D eigenvalue weighted by Gasteiger charge is -2.34. The van der Waals surface area contributed by atoms with Crippen LogP contribution in [-0.4, -0.2) is 74.5 Å². The Kier molecular flexibility index (Phi) is 6.60. The van der Waals surface area contributed by atoms with Gasteiger partial charge in [-0.2, -0.15) is 4.31 Å². The van der Waals surface area contributed by atoms with E-state index in [0.717, 1.165) is 12.8 Å². The second-order valence-electron chi connectivity index (χ2n) is 7.64. The number of rotatable bonds is 4. The molecule has 0 N–H and O–H groups in total. The molecular weight excluding hydrogens is 396 g/mol. The molecule has 0 bridgehead atoms. The Morgan fingerprint density at radius 3 is 2.28 bits per heavy atom. The van der Waals surface area contributed by atoms with Gasteiger partial charge in [-0.15, -0.1) is 0 Å². The normalized spacial score (nSPS) is 26.2. The first kappa shape index (κ1) is 21.7. The average molecular weight is 425 g/mol. The van der Waals surface area contributed by atoms with Crippen molar-refractivity contribution in [3.05, 3.63) is 29.8 Å². The number of benzene rings is 1. The lowest BCUT2D eigenvalue weighted by molar-refractivity contribution is -0.147. The van der Waals surface area contributed by atoms with Gasteiger partial charge in [0.25, 0.3) is 5.91 Å². The zero-order chi connectivity index (χ0) is 21.2. The standard InChI is InChI=1S/C20H28N2O6S/c1-14-12-21(13-15(2)28-14)29(25,26)17-9-7-16(8-10-17)19(23)22-11-5-4-6-18(22)20(24)27-3/h7-10,14-15,18H,4-6,11-13H2,1-3H3/t14-,15+,18-/m1/s1. The molecule has 9 heteroatoms. The van der Waals surface area contributed by atoms with E-state index in [1.807, 2.05) is 13.8 Å². The maximum atomic E-state index is 13.0. The van der Waals surface area contributed by atoms with Crippen LogP contribution in [0.15, 0.2) is 29.2 Å². The highest BCUT2D eigenvalue weighted by molar-refractivity contribution is 7.89. The smallest absolute Gasteiger partial charge is 0.328 e. The van der Waals surface area contributed by atoms with E-state index < -0.39 is 22.0 Å². The SMILES string of the molecule is COC(=O)[C@H]1CCCCN1C(=O)c1ccc(S(=O)(=O)N2C[C@@H](C)O[C@@H](C)C2)cc1. The zero-order valence-corrected chi connectivity index (χ0v) is 17.9. The molecule has 0 unspecified atom stereocenters. The number of sulfonamides is 1. The van der Waals surface area contributed by atoms with Crippen LogP contribution in [0.3, 0.4) is 0 Å². The first-order valence-corrected chi connectivity index (χ1v) is 11.3. The van der Waals surface area contributed by atoms with Gasteiger partial charge in [-0.25, -0.2) is 13.2 Å². The molecule has 2 aliphatic rings. The molecule has 3 rings (SSSR count). The highest BCUT2D eigenvalue weighted by Crippen LogP contribution is 2.24. The lowest BCUT2D eigenvalue weighted by atomic mass is 10.0. The third-order valence-corrected chi connectivity index (χ3v) is 7.21. The molecule has 0 aliphatic carbocycles. The average Bonchev–Trinajstić information content (AvgIpc) is 2.72. The summed E-state index contributed by atoms with van der Waals surface area (Å²) < 4.78 is 37.8. The molecule has 2 fully saturated rings. The topological polar surface area (TPSA) is 93.2 Å². The molecule has 0 radical (unpaired) electrons. The van der Waals surface area contributed by atoms with E-state index in [4.69, 9.17) is 9.47 Å². The van der Waals surface area contributed by atoms with Crippen molar-refractivity contribution in [2.75, 3.05) is 26.7 Å². The van der Waals surface area contributed by atoms with Crippen LogP contribution in [0, 0.1) is 0 Å². The number of nitrogens with zero attached hydrogens (tertiary/aromatic N) is 2. The fourth-order valence-electron chi connectivity index (χ4n) is 3.97. The van der Waals surface area contributed by atoms with E-state index >= 15 is 0 Å². The Morgan fingerprint density at radius 2 is 1.69 bits per heavy atom. The van der Waals surface area contributed by atoms with Crippen molar-refractivity contribution in [3.8, 4) is 0 Å². The Labute approximate surface area is 171 Å². The zero-order valence-electron chi connectivity index (χ0n) is 17.0. The number of hydrogen-bond donors (Lipinski definition) is 0. The summed E-state index contributed by atoms with van der Waals surface area (Å²) in [5.74, 6) is -0.717. The maximum Gasteiger partial charge on any atom is 0.328 e. The van der Waals surface area contributed by atoms with Gasteiger partial charge >= 0.3 is 5.97 Å². The van der Waals surface area contributed by atoms with Gasteiger partial charge in [0.2, 0.25) is 10.0 Å². The minimum absolute atomic E-state index is 0.138. The maximum absolute atomic E-state index is 13.0. The monoisotopic (exact) mass is 424 g/mol. The van der Waals surface area contributed by atoms with Gasteiger partial charge in [-0.1, -0.05) is 0 Å². The lowest BCUT2D eigenvalue weighted by Crippen LogP contribution is -2.48. The van der Waals surface area contributed by atoms with E-state index in [1.54, 1.807) is 0 Å². The van der Waals surface area contributed by atoms with Gasteiger partial charge < -0.3 is 14.4 Å². The number of methoxy groups -OCH3 is 1. The van der Waals surface area contributed by atoms with Crippen LogP contribution >= 0.6 is 0 Å². The summed E-state index contributed by atoms with van der Waals surface area (Å²) in [5, 5.41) is 0. The van der Waals surface area contributed by atoms with Gasteiger partial charge in [-0.05, 0) is 57.4 Å². The minimum Gasteiger partial charge on any atom is -0.467 e. The summed E-state index contributed by atoms with van der Waals surface area (Å²) in [6, 6.07) is 5.31. The minimum atomic E-state index is -3.67. The summed E-state index contributed by atoms with van der Waals surface area (Å²) in [7, 11) is -2.36. The van der Waals surface area contributed by atoms with Crippen LogP contribution in [0.1, 0.15) is 43.5 Å². The molecule has 2 heterocycles. The van der Waals surface area contributed by atoms with E-state index in [1.165, 1.54) is 40.6 Å². The highest BCUT2D eigenvalue weighted by Gasteiger charge is 2.34. The number of amides is 1. The summed E-state index contributed by atoms with van der Waals surface area (Å²) in [6.45, 7) is 4.75. The molecule has 29 heavy (non-hydrogen) atoms.